The number of imide groups is 1. The van der Waals surface area contributed by atoms with Crippen molar-refractivity contribution < 1.29 is 19.1 Å². The van der Waals surface area contributed by atoms with Gasteiger partial charge in [0.15, 0.2) is 11.5 Å². The molecule has 3 aromatic rings. The number of ether oxygens (including phenoxy) is 2. The molecule has 0 unspecified atom stereocenters. The third-order valence-electron chi connectivity index (χ3n) is 5.06. The third-order valence-corrected chi connectivity index (χ3v) is 5.96. The van der Waals surface area contributed by atoms with Gasteiger partial charge in [-0.1, -0.05) is 66.2 Å². The zero-order valence-corrected chi connectivity index (χ0v) is 18.7. The van der Waals surface area contributed by atoms with Crippen LogP contribution in [0.15, 0.2) is 77.7 Å². The lowest BCUT2D eigenvalue weighted by atomic mass is 10.1. The molecule has 0 radical (unpaired) electrons. The molecule has 0 aliphatic carbocycles. The maximum Gasteiger partial charge on any atom is 0.293 e. The third kappa shape index (κ3) is 5.03. The van der Waals surface area contributed by atoms with Crippen LogP contribution in [0.5, 0.6) is 11.5 Å². The Kier molecular flexibility index (Phi) is 6.61. The Morgan fingerprint density at radius 3 is 2.38 bits per heavy atom. The standard InChI is InChI=1S/C26H23NO4S/c1-18-8-10-19(11-9-18)16-27-25(28)24(32-26(27)29)15-21-12-13-22(23(14-21)30-2)31-17-20-6-4-3-5-7-20/h3-15H,16-17H2,1-2H3/b24-15-. The Hall–Kier alpha value is -3.51. The molecule has 3 aromatic carbocycles. The van der Waals surface area contributed by atoms with Crippen LogP contribution in [0.25, 0.3) is 6.08 Å². The predicted molar refractivity (Wildman–Crippen MR) is 126 cm³/mol. The van der Waals surface area contributed by atoms with Crippen LogP contribution in [-0.2, 0) is 17.9 Å². The quantitative estimate of drug-likeness (QED) is 0.429. The number of rotatable bonds is 7. The van der Waals surface area contributed by atoms with Gasteiger partial charge >= 0.3 is 0 Å². The molecule has 32 heavy (non-hydrogen) atoms. The summed E-state index contributed by atoms with van der Waals surface area (Å²) in [5, 5.41) is -0.267. The number of nitrogens with zero attached hydrogens (tertiary/aromatic N) is 1. The fraction of sp³-hybridized carbons (Fsp3) is 0.154. The van der Waals surface area contributed by atoms with Gasteiger partial charge < -0.3 is 9.47 Å². The Morgan fingerprint density at radius 2 is 1.66 bits per heavy atom. The summed E-state index contributed by atoms with van der Waals surface area (Å²) in [4.78, 5) is 26.9. The minimum atomic E-state index is -0.288. The van der Waals surface area contributed by atoms with E-state index in [1.165, 1.54) is 4.90 Å². The summed E-state index contributed by atoms with van der Waals surface area (Å²) in [6.45, 7) is 2.69. The number of carbonyl (C=O) groups is 2. The van der Waals surface area contributed by atoms with E-state index in [0.29, 0.717) is 23.0 Å². The second kappa shape index (κ2) is 9.75. The van der Waals surface area contributed by atoms with Crippen LogP contribution in [0.2, 0.25) is 0 Å². The van der Waals surface area contributed by atoms with E-state index in [0.717, 1.165) is 34.0 Å². The molecule has 1 fully saturated rings. The topological polar surface area (TPSA) is 55.8 Å². The summed E-state index contributed by atoms with van der Waals surface area (Å²) in [5.74, 6) is 0.887. The van der Waals surface area contributed by atoms with Crippen LogP contribution in [0.4, 0.5) is 4.79 Å². The van der Waals surface area contributed by atoms with Gasteiger partial charge in [-0.2, -0.15) is 0 Å². The number of hydrogen-bond acceptors (Lipinski definition) is 5. The molecule has 1 saturated heterocycles. The molecule has 6 heteroatoms. The fourth-order valence-electron chi connectivity index (χ4n) is 3.29. The number of carbonyl (C=O) groups excluding carboxylic acids is 2. The first-order valence-corrected chi connectivity index (χ1v) is 11.0. The molecule has 2 amide bonds. The van der Waals surface area contributed by atoms with E-state index >= 15 is 0 Å². The Balaban J connectivity index is 1.48. The lowest BCUT2D eigenvalue weighted by Gasteiger charge is -2.13. The number of methoxy groups -OCH3 is 1. The van der Waals surface area contributed by atoms with Crippen molar-refractivity contribution in [2.24, 2.45) is 0 Å². The van der Waals surface area contributed by atoms with Crippen LogP contribution in [0, 0.1) is 6.92 Å². The maximum atomic E-state index is 12.8. The van der Waals surface area contributed by atoms with Gasteiger partial charge in [0.05, 0.1) is 18.6 Å². The van der Waals surface area contributed by atoms with Crippen molar-refractivity contribution in [2.45, 2.75) is 20.1 Å². The first kappa shape index (κ1) is 21.7. The number of aryl methyl sites for hydroxylation is 1. The smallest absolute Gasteiger partial charge is 0.293 e. The van der Waals surface area contributed by atoms with Crippen molar-refractivity contribution in [3.63, 3.8) is 0 Å². The summed E-state index contributed by atoms with van der Waals surface area (Å²) in [6.07, 6.45) is 1.71. The van der Waals surface area contributed by atoms with Gasteiger partial charge in [0.2, 0.25) is 0 Å². The summed E-state index contributed by atoms with van der Waals surface area (Å²) in [7, 11) is 1.57. The zero-order valence-electron chi connectivity index (χ0n) is 17.9. The van der Waals surface area contributed by atoms with Gasteiger partial charge in [-0.3, -0.25) is 14.5 Å². The Morgan fingerprint density at radius 1 is 0.906 bits per heavy atom. The average molecular weight is 446 g/mol. The van der Waals surface area contributed by atoms with Crippen LogP contribution in [0.3, 0.4) is 0 Å². The van der Waals surface area contributed by atoms with Gasteiger partial charge in [0.25, 0.3) is 11.1 Å². The summed E-state index contributed by atoms with van der Waals surface area (Å²) < 4.78 is 11.4. The van der Waals surface area contributed by atoms with Crippen molar-refractivity contribution >= 4 is 29.0 Å². The number of thioether (sulfide) groups is 1. The van der Waals surface area contributed by atoms with E-state index in [1.807, 2.05) is 73.7 Å². The highest BCUT2D eigenvalue weighted by atomic mass is 32.2. The number of amides is 2. The van der Waals surface area contributed by atoms with Crippen LogP contribution >= 0.6 is 11.8 Å². The average Bonchev–Trinajstić information content (AvgIpc) is 3.07. The van der Waals surface area contributed by atoms with Crippen molar-refractivity contribution in [1.29, 1.82) is 0 Å². The number of benzene rings is 3. The molecule has 0 saturated carbocycles. The second-order valence-electron chi connectivity index (χ2n) is 7.44. The van der Waals surface area contributed by atoms with E-state index in [4.69, 9.17) is 9.47 Å². The molecule has 162 valence electrons. The molecule has 1 aliphatic heterocycles. The minimum Gasteiger partial charge on any atom is -0.493 e. The Bertz CT molecular complexity index is 1160. The van der Waals surface area contributed by atoms with Crippen molar-refractivity contribution in [2.75, 3.05) is 7.11 Å². The first-order chi connectivity index (χ1) is 15.5. The fourth-order valence-corrected chi connectivity index (χ4v) is 4.13. The molecule has 5 nitrogen and oxygen atoms in total. The molecular formula is C26H23NO4S. The van der Waals surface area contributed by atoms with Gasteiger partial charge in [-0.25, -0.2) is 0 Å². The van der Waals surface area contributed by atoms with Gasteiger partial charge in [-0.15, -0.1) is 0 Å². The summed E-state index contributed by atoms with van der Waals surface area (Å²) in [5.41, 5.74) is 3.87. The zero-order chi connectivity index (χ0) is 22.5. The van der Waals surface area contributed by atoms with E-state index in [9.17, 15) is 9.59 Å². The second-order valence-corrected chi connectivity index (χ2v) is 8.43. The molecule has 1 heterocycles. The summed E-state index contributed by atoms with van der Waals surface area (Å²) in [6, 6.07) is 23.1. The largest absolute Gasteiger partial charge is 0.493 e. The molecular weight excluding hydrogens is 422 g/mol. The maximum absolute atomic E-state index is 12.8. The minimum absolute atomic E-state index is 0.262. The highest BCUT2D eigenvalue weighted by Gasteiger charge is 2.35. The predicted octanol–water partition coefficient (Wildman–Crippen LogP) is 5.82. The van der Waals surface area contributed by atoms with Crippen LogP contribution in [-0.4, -0.2) is 23.2 Å². The molecule has 0 N–H and O–H groups in total. The molecule has 0 aromatic heterocycles. The van der Waals surface area contributed by atoms with Gasteiger partial charge in [0, 0.05) is 0 Å². The lowest BCUT2D eigenvalue weighted by molar-refractivity contribution is -0.123. The van der Waals surface area contributed by atoms with E-state index < -0.39 is 0 Å². The van der Waals surface area contributed by atoms with E-state index in [-0.39, 0.29) is 17.7 Å². The van der Waals surface area contributed by atoms with E-state index in [1.54, 1.807) is 19.3 Å². The monoisotopic (exact) mass is 445 g/mol. The first-order valence-electron chi connectivity index (χ1n) is 10.2. The molecule has 4 rings (SSSR count). The molecule has 0 spiro atoms. The van der Waals surface area contributed by atoms with E-state index in [2.05, 4.69) is 0 Å². The normalized spacial score (nSPS) is 14.8. The van der Waals surface area contributed by atoms with Crippen LogP contribution in [0.1, 0.15) is 22.3 Å². The van der Waals surface area contributed by atoms with Crippen molar-refractivity contribution in [3.05, 3.63) is 100.0 Å². The molecule has 0 atom stereocenters. The summed E-state index contributed by atoms with van der Waals surface area (Å²) >= 11 is 0.951. The highest BCUT2D eigenvalue weighted by molar-refractivity contribution is 8.18. The molecule has 0 bridgehead atoms. The number of hydrogen-bond donors (Lipinski definition) is 0. The van der Waals surface area contributed by atoms with Gasteiger partial charge in [-0.05, 0) is 53.6 Å². The van der Waals surface area contributed by atoms with Crippen molar-refractivity contribution in [1.82, 2.24) is 4.90 Å². The highest BCUT2D eigenvalue weighted by Crippen LogP contribution is 2.35. The van der Waals surface area contributed by atoms with Gasteiger partial charge in [0.1, 0.15) is 6.61 Å². The SMILES string of the molecule is COc1cc(/C=C2\SC(=O)N(Cc3ccc(C)cc3)C2=O)ccc1OCc1ccccc1. The molecule has 1 aliphatic rings. The van der Waals surface area contributed by atoms with Crippen molar-refractivity contribution in [3.8, 4) is 11.5 Å². The van der Waals surface area contributed by atoms with Crippen LogP contribution < -0.4 is 9.47 Å². The lowest BCUT2D eigenvalue weighted by Crippen LogP contribution is -2.27. The Labute approximate surface area is 191 Å².